The molecule has 1 amide bonds. The predicted octanol–water partition coefficient (Wildman–Crippen LogP) is 5.05. The standard InChI is InChI=1S/C24H24N2O3/c1-17(22-14-13-21(28-2)16-23(22)29-3)15-24(27)26(19-7-5-4-6-8-19)20-11-9-18(25)10-12-20/h4-16H,25H2,1-3H3/b17-15+. The zero-order valence-corrected chi connectivity index (χ0v) is 16.8. The number of carbonyl (C=O) groups is 1. The van der Waals surface area contributed by atoms with Gasteiger partial charge in [0.2, 0.25) is 0 Å². The Morgan fingerprint density at radius 3 is 2.17 bits per heavy atom. The summed E-state index contributed by atoms with van der Waals surface area (Å²) in [6.07, 6.45) is 1.60. The fraction of sp³-hybridized carbons (Fsp3) is 0.125. The molecule has 0 aliphatic heterocycles. The van der Waals surface area contributed by atoms with Crippen LogP contribution in [0.15, 0.2) is 78.9 Å². The van der Waals surface area contributed by atoms with Crippen molar-refractivity contribution in [1.29, 1.82) is 0 Å². The highest BCUT2D eigenvalue weighted by Crippen LogP contribution is 2.31. The average molecular weight is 388 g/mol. The maximum Gasteiger partial charge on any atom is 0.255 e. The summed E-state index contributed by atoms with van der Waals surface area (Å²) < 4.78 is 10.7. The van der Waals surface area contributed by atoms with Crippen LogP contribution in [-0.4, -0.2) is 20.1 Å². The van der Waals surface area contributed by atoms with Crippen LogP contribution in [0.4, 0.5) is 17.1 Å². The molecule has 0 bridgehead atoms. The molecule has 0 radical (unpaired) electrons. The number of nitrogens with two attached hydrogens (primary N) is 1. The number of amides is 1. The number of nitrogens with zero attached hydrogens (tertiary/aromatic N) is 1. The summed E-state index contributed by atoms with van der Waals surface area (Å²) in [6.45, 7) is 1.88. The fourth-order valence-corrected chi connectivity index (χ4v) is 3.06. The second-order valence-corrected chi connectivity index (χ2v) is 6.49. The number of allylic oxidation sites excluding steroid dienone is 1. The van der Waals surface area contributed by atoms with E-state index < -0.39 is 0 Å². The van der Waals surface area contributed by atoms with Crippen molar-refractivity contribution in [2.75, 3.05) is 24.9 Å². The van der Waals surface area contributed by atoms with Gasteiger partial charge in [0, 0.05) is 34.8 Å². The summed E-state index contributed by atoms with van der Waals surface area (Å²) in [6, 6.07) is 22.2. The molecular weight excluding hydrogens is 364 g/mol. The molecule has 0 saturated carbocycles. The van der Waals surface area contributed by atoms with E-state index in [4.69, 9.17) is 15.2 Å². The molecule has 3 aromatic rings. The van der Waals surface area contributed by atoms with E-state index in [1.165, 1.54) is 0 Å². The Balaban J connectivity index is 2.01. The van der Waals surface area contributed by atoms with E-state index in [1.54, 1.807) is 43.4 Å². The van der Waals surface area contributed by atoms with Crippen LogP contribution in [0.1, 0.15) is 12.5 Å². The number of ether oxygens (including phenoxy) is 2. The summed E-state index contributed by atoms with van der Waals surface area (Å²) >= 11 is 0. The number of anilines is 3. The molecule has 148 valence electrons. The number of rotatable bonds is 6. The molecule has 0 aliphatic carbocycles. The zero-order valence-electron chi connectivity index (χ0n) is 16.8. The lowest BCUT2D eigenvalue weighted by Crippen LogP contribution is -2.24. The number of carbonyl (C=O) groups excluding carboxylic acids is 1. The highest BCUT2D eigenvalue weighted by Gasteiger charge is 2.17. The molecule has 3 aromatic carbocycles. The van der Waals surface area contributed by atoms with Crippen LogP contribution in [0.2, 0.25) is 0 Å². The molecule has 0 heterocycles. The minimum absolute atomic E-state index is 0.170. The van der Waals surface area contributed by atoms with Gasteiger partial charge in [-0.3, -0.25) is 9.69 Å². The van der Waals surface area contributed by atoms with Gasteiger partial charge in [-0.15, -0.1) is 0 Å². The van der Waals surface area contributed by atoms with Crippen molar-refractivity contribution in [3.63, 3.8) is 0 Å². The molecule has 3 rings (SSSR count). The quantitative estimate of drug-likeness (QED) is 0.474. The van der Waals surface area contributed by atoms with E-state index >= 15 is 0 Å². The Morgan fingerprint density at radius 1 is 0.897 bits per heavy atom. The Kier molecular flexibility index (Phi) is 6.19. The SMILES string of the molecule is COc1ccc(/C(C)=C/C(=O)N(c2ccccc2)c2ccc(N)cc2)c(OC)c1. The monoisotopic (exact) mass is 388 g/mol. The van der Waals surface area contributed by atoms with Gasteiger partial charge in [-0.05, 0) is 61.0 Å². The molecule has 0 aliphatic rings. The Bertz CT molecular complexity index is 1010. The largest absolute Gasteiger partial charge is 0.497 e. The van der Waals surface area contributed by atoms with Crippen molar-refractivity contribution in [2.24, 2.45) is 0 Å². The molecule has 2 N–H and O–H groups in total. The number of benzene rings is 3. The van der Waals surface area contributed by atoms with Gasteiger partial charge in [0.05, 0.1) is 14.2 Å². The number of hydrogen-bond acceptors (Lipinski definition) is 4. The number of methoxy groups -OCH3 is 2. The summed E-state index contributed by atoms with van der Waals surface area (Å²) in [7, 11) is 3.20. The Labute approximate surface area is 171 Å². The van der Waals surface area contributed by atoms with Gasteiger partial charge in [0.1, 0.15) is 11.5 Å². The number of hydrogen-bond donors (Lipinski definition) is 1. The molecule has 0 fully saturated rings. The highest BCUT2D eigenvalue weighted by molar-refractivity contribution is 6.10. The van der Waals surface area contributed by atoms with Crippen molar-refractivity contribution < 1.29 is 14.3 Å². The maximum absolute atomic E-state index is 13.3. The van der Waals surface area contributed by atoms with Crippen LogP contribution in [0.25, 0.3) is 5.57 Å². The topological polar surface area (TPSA) is 64.8 Å². The zero-order chi connectivity index (χ0) is 20.8. The summed E-state index contributed by atoms with van der Waals surface area (Å²) in [5.74, 6) is 1.17. The molecule has 5 heteroatoms. The second-order valence-electron chi connectivity index (χ2n) is 6.49. The lowest BCUT2D eigenvalue weighted by molar-refractivity contribution is -0.113. The first-order chi connectivity index (χ1) is 14.0. The van der Waals surface area contributed by atoms with Crippen LogP contribution in [0.3, 0.4) is 0 Å². The van der Waals surface area contributed by atoms with Crippen LogP contribution in [0.5, 0.6) is 11.5 Å². The van der Waals surface area contributed by atoms with Crippen LogP contribution in [-0.2, 0) is 4.79 Å². The third-order valence-corrected chi connectivity index (χ3v) is 4.56. The first kappa shape index (κ1) is 20.0. The summed E-state index contributed by atoms with van der Waals surface area (Å²) in [5, 5.41) is 0. The Hall–Kier alpha value is -3.73. The van der Waals surface area contributed by atoms with Crippen LogP contribution in [0, 0.1) is 0 Å². The Morgan fingerprint density at radius 2 is 1.55 bits per heavy atom. The summed E-state index contributed by atoms with van der Waals surface area (Å²) in [5.41, 5.74) is 9.57. The van der Waals surface area contributed by atoms with Crippen molar-refractivity contribution in [3.05, 3.63) is 84.4 Å². The van der Waals surface area contributed by atoms with Crippen LogP contribution >= 0.6 is 0 Å². The first-order valence-electron chi connectivity index (χ1n) is 9.19. The van der Waals surface area contributed by atoms with Gasteiger partial charge >= 0.3 is 0 Å². The molecule has 0 atom stereocenters. The van der Waals surface area contributed by atoms with E-state index in [2.05, 4.69) is 0 Å². The fourth-order valence-electron chi connectivity index (χ4n) is 3.06. The molecule has 0 spiro atoms. The van der Waals surface area contributed by atoms with E-state index in [-0.39, 0.29) is 5.91 Å². The van der Waals surface area contributed by atoms with Gasteiger partial charge in [0.25, 0.3) is 5.91 Å². The normalized spacial score (nSPS) is 11.1. The van der Waals surface area contributed by atoms with E-state index in [0.29, 0.717) is 17.2 Å². The molecule has 29 heavy (non-hydrogen) atoms. The van der Waals surface area contributed by atoms with Crippen molar-refractivity contribution in [1.82, 2.24) is 0 Å². The summed E-state index contributed by atoms with van der Waals surface area (Å²) in [4.78, 5) is 14.9. The van der Waals surface area contributed by atoms with E-state index in [1.807, 2.05) is 61.5 Å². The van der Waals surface area contributed by atoms with Gasteiger partial charge in [-0.25, -0.2) is 0 Å². The average Bonchev–Trinajstić information content (AvgIpc) is 2.75. The highest BCUT2D eigenvalue weighted by atomic mass is 16.5. The van der Waals surface area contributed by atoms with E-state index in [0.717, 1.165) is 22.5 Å². The maximum atomic E-state index is 13.3. The molecule has 0 saturated heterocycles. The molecule has 0 unspecified atom stereocenters. The molecular formula is C24H24N2O3. The van der Waals surface area contributed by atoms with Crippen molar-refractivity contribution in [2.45, 2.75) is 6.92 Å². The van der Waals surface area contributed by atoms with Crippen molar-refractivity contribution >= 4 is 28.5 Å². The van der Waals surface area contributed by atoms with Crippen molar-refractivity contribution in [3.8, 4) is 11.5 Å². The van der Waals surface area contributed by atoms with Gasteiger partial charge in [-0.2, -0.15) is 0 Å². The number of nitrogen functional groups attached to an aromatic ring is 1. The minimum atomic E-state index is -0.170. The lowest BCUT2D eigenvalue weighted by atomic mass is 10.0. The van der Waals surface area contributed by atoms with Gasteiger partial charge < -0.3 is 15.2 Å². The smallest absolute Gasteiger partial charge is 0.255 e. The first-order valence-corrected chi connectivity index (χ1v) is 9.19. The molecule has 0 aromatic heterocycles. The minimum Gasteiger partial charge on any atom is -0.497 e. The number of para-hydroxylation sites is 1. The second kappa shape index (κ2) is 8.97. The lowest BCUT2D eigenvalue weighted by Gasteiger charge is -2.22. The van der Waals surface area contributed by atoms with Gasteiger partial charge in [0.15, 0.2) is 0 Å². The third kappa shape index (κ3) is 4.58. The van der Waals surface area contributed by atoms with Gasteiger partial charge in [-0.1, -0.05) is 18.2 Å². The predicted molar refractivity (Wildman–Crippen MR) is 118 cm³/mol. The van der Waals surface area contributed by atoms with Crippen LogP contribution < -0.4 is 20.1 Å². The molecule has 5 nitrogen and oxygen atoms in total. The van der Waals surface area contributed by atoms with E-state index in [9.17, 15) is 4.79 Å². The third-order valence-electron chi connectivity index (χ3n) is 4.56.